The molecule has 0 bridgehead atoms. The number of carbonyl (C=O) groups excluding carboxylic acids is 1. The lowest BCUT2D eigenvalue weighted by molar-refractivity contribution is 0.0375. The molecule has 2 rings (SSSR count). The van der Waals surface area contributed by atoms with Crippen molar-refractivity contribution in [2.24, 2.45) is 0 Å². The molecule has 0 spiro atoms. The molecule has 2 N–H and O–H groups in total. The van der Waals surface area contributed by atoms with Crippen LogP contribution < -0.4 is 10.6 Å². The zero-order valence-corrected chi connectivity index (χ0v) is 12.1. The second kappa shape index (κ2) is 8.59. The molecule has 1 heterocycles. The van der Waals surface area contributed by atoms with Crippen molar-refractivity contribution < 1.29 is 13.9 Å². The van der Waals surface area contributed by atoms with E-state index in [1.807, 2.05) is 0 Å². The maximum absolute atomic E-state index is 13.4. The van der Waals surface area contributed by atoms with Gasteiger partial charge in [-0.2, -0.15) is 0 Å². The highest BCUT2D eigenvalue weighted by molar-refractivity contribution is 5.73. The van der Waals surface area contributed by atoms with Gasteiger partial charge in [-0.05, 0) is 19.0 Å². The molecule has 0 saturated carbocycles. The number of morpholine rings is 1. The largest absolute Gasteiger partial charge is 0.379 e. The fraction of sp³-hybridized carbons (Fsp3) is 0.533. The molecule has 1 aromatic carbocycles. The molecular formula is C15H22FN3O2. The fourth-order valence-electron chi connectivity index (χ4n) is 2.21. The quantitative estimate of drug-likeness (QED) is 0.779. The van der Waals surface area contributed by atoms with Crippen molar-refractivity contribution >= 4 is 6.03 Å². The van der Waals surface area contributed by atoms with Gasteiger partial charge in [0.05, 0.1) is 13.2 Å². The van der Waals surface area contributed by atoms with E-state index >= 15 is 0 Å². The molecule has 21 heavy (non-hydrogen) atoms. The smallest absolute Gasteiger partial charge is 0.315 e. The van der Waals surface area contributed by atoms with Crippen LogP contribution in [-0.2, 0) is 11.3 Å². The number of amides is 2. The summed E-state index contributed by atoms with van der Waals surface area (Å²) in [6, 6.07) is 6.16. The van der Waals surface area contributed by atoms with Crippen LogP contribution in [0.5, 0.6) is 0 Å². The molecule has 1 saturated heterocycles. The first-order valence-electron chi connectivity index (χ1n) is 7.31. The molecule has 1 aliphatic heterocycles. The Balaban J connectivity index is 1.56. The topological polar surface area (TPSA) is 53.6 Å². The van der Waals surface area contributed by atoms with Crippen molar-refractivity contribution in [1.29, 1.82) is 0 Å². The third-order valence-electron chi connectivity index (χ3n) is 3.44. The molecule has 1 aliphatic rings. The number of halogens is 1. The summed E-state index contributed by atoms with van der Waals surface area (Å²) in [6.07, 6.45) is 0.896. The van der Waals surface area contributed by atoms with Crippen molar-refractivity contribution in [2.75, 3.05) is 39.4 Å². The lowest BCUT2D eigenvalue weighted by atomic mass is 10.2. The highest BCUT2D eigenvalue weighted by atomic mass is 19.1. The van der Waals surface area contributed by atoms with Gasteiger partial charge in [-0.3, -0.25) is 4.90 Å². The zero-order chi connectivity index (χ0) is 14.9. The number of benzene rings is 1. The van der Waals surface area contributed by atoms with Crippen LogP contribution in [0.4, 0.5) is 9.18 Å². The van der Waals surface area contributed by atoms with E-state index in [-0.39, 0.29) is 18.4 Å². The highest BCUT2D eigenvalue weighted by Crippen LogP contribution is 2.05. The Morgan fingerprint density at radius 3 is 2.76 bits per heavy atom. The highest BCUT2D eigenvalue weighted by Gasteiger charge is 2.09. The number of rotatable bonds is 6. The molecule has 2 amide bonds. The first-order valence-corrected chi connectivity index (χ1v) is 7.31. The van der Waals surface area contributed by atoms with Gasteiger partial charge in [0.15, 0.2) is 0 Å². The summed E-state index contributed by atoms with van der Waals surface area (Å²) in [5.74, 6) is -0.301. The Kier molecular flexibility index (Phi) is 6.43. The average molecular weight is 295 g/mol. The maximum Gasteiger partial charge on any atom is 0.315 e. The third-order valence-corrected chi connectivity index (χ3v) is 3.44. The summed E-state index contributed by atoms with van der Waals surface area (Å²) in [5, 5.41) is 5.44. The second-order valence-electron chi connectivity index (χ2n) is 5.01. The second-order valence-corrected chi connectivity index (χ2v) is 5.01. The van der Waals surface area contributed by atoms with Gasteiger partial charge in [-0.15, -0.1) is 0 Å². The first-order chi connectivity index (χ1) is 10.3. The SMILES string of the molecule is O=C(NCCCN1CCOCC1)NCc1ccccc1F. The summed E-state index contributed by atoms with van der Waals surface area (Å²) in [5.41, 5.74) is 0.487. The van der Waals surface area contributed by atoms with Crippen LogP contribution in [0.15, 0.2) is 24.3 Å². The predicted molar refractivity (Wildman–Crippen MR) is 78.5 cm³/mol. The number of nitrogens with zero attached hydrogens (tertiary/aromatic N) is 1. The van der Waals surface area contributed by atoms with Gasteiger partial charge in [0.1, 0.15) is 5.82 Å². The number of hydrogen-bond donors (Lipinski definition) is 2. The van der Waals surface area contributed by atoms with Crippen LogP contribution >= 0.6 is 0 Å². The number of urea groups is 1. The minimum atomic E-state index is -0.301. The van der Waals surface area contributed by atoms with Crippen LogP contribution in [0, 0.1) is 5.82 Å². The maximum atomic E-state index is 13.4. The van der Waals surface area contributed by atoms with Gasteiger partial charge < -0.3 is 15.4 Å². The molecule has 6 heteroatoms. The number of nitrogens with one attached hydrogen (secondary N) is 2. The van der Waals surface area contributed by atoms with Crippen molar-refractivity contribution in [2.45, 2.75) is 13.0 Å². The van der Waals surface area contributed by atoms with E-state index in [0.717, 1.165) is 39.3 Å². The van der Waals surface area contributed by atoms with E-state index in [4.69, 9.17) is 4.74 Å². The van der Waals surface area contributed by atoms with Gasteiger partial charge in [0.25, 0.3) is 0 Å². The zero-order valence-electron chi connectivity index (χ0n) is 12.1. The minimum absolute atomic E-state index is 0.196. The van der Waals surface area contributed by atoms with Crippen molar-refractivity contribution in [3.8, 4) is 0 Å². The van der Waals surface area contributed by atoms with Gasteiger partial charge in [-0.25, -0.2) is 9.18 Å². The van der Waals surface area contributed by atoms with Crippen LogP contribution in [-0.4, -0.2) is 50.3 Å². The van der Waals surface area contributed by atoms with Gasteiger partial charge in [-0.1, -0.05) is 18.2 Å². The number of hydrogen-bond acceptors (Lipinski definition) is 3. The van der Waals surface area contributed by atoms with E-state index in [0.29, 0.717) is 12.1 Å². The van der Waals surface area contributed by atoms with Crippen LogP contribution in [0.2, 0.25) is 0 Å². The molecule has 0 aliphatic carbocycles. The molecular weight excluding hydrogens is 273 g/mol. The predicted octanol–water partition coefficient (Wildman–Crippen LogP) is 1.35. The molecule has 5 nitrogen and oxygen atoms in total. The first kappa shape index (κ1) is 15.7. The lowest BCUT2D eigenvalue weighted by Gasteiger charge is -2.26. The van der Waals surface area contributed by atoms with E-state index in [2.05, 4.69) is 15.5 Å². The van der Waals surface area contributed by atoms with Crippen molar-refractivity contribution in [3.63, 3.8) is 0 Å². The molecule has 0 radical (unpaired) electrons. The van der Waals surface area contributed by atoms with Gasteiger partial charge >= 0.3 is 6.03 Å². The Morgan fingerprint density at radius 2 is 2.00 bits per heavy atom. The van der Waals surface area contributed by atoms with E-state index in [9.17, 15) is 9.18 Å². The minimum Gasteiger partial charge on any atom is -0.379 e. The monoisotopic (exact) mass is 295 g/mol. The Hall–Kier alpha value is -1.66. The number of ether oxygens (including phenoxy) is 1. The van der Waals surface area contributed by atoms with Crippen LogP contribution in [0.1, 0.15) is 12.0 Å². The standard InChI is InChI=1S/C15H22FN3O2/c16-14-5-2-1-4-13(14)12-18-15(20)17-6-3-7-19-8-10-21-11-9-19/h1-2,4-5H,3,6-12H2,(H2,17,18,20). The summed E-state index contributed by atoms with van der Waals surface area (Å²) in [4.78, 5) is 13.9. The Bertz CT molecular complexity index is 450. The molecule has 1 aromatic rings. The molecule has 0 aromatic heterocycles. The summed E-state index contributed by atoms with van der Waals surface area (Å²) < 4.78 is 18.6. The summed E-state index contributed by atoms with van der Waals surface area (Å²) >= 11 is 0. The summed E-state index contributed by atoms with van der Waals surface area (Å²) in [6.45, 7) is 5.26. The van der Waals surface area contributed by atoms with Crippen LogP contribution in [0.25, 0.3) is 0 Å². The van der Waals surface area contributed by atoms with Crippen LogP contribution in [0.3, 0.4) is 0 Å². The average Bonchev–Trinajstić information content (AvgIpc) is 2.52. The Morgan fingerprint density at radius 1 is 1.24 bits per heavy atom. The normalized spacial score (nSPS) is 15.7. The van der Waals surface area contributed by atoms with E-state index < -0.39 is 0 Å². The van der Waals surface area contributed by atoms with Gasteiger partial charge in [0.2, 0.25) is 0 Å². The fourth-order valence-corrected chi connectivity index (χ4v) is 2.21. The molecule has 0 atom stereocenters. The molecule has 116 valence electrons. The van der Waals surface area contributed by atoms with E-state index in [1.165, 1.54) is 6.07 Å². The van der Waals surface area contributed by atoms with Crippen molar-refractivity contribution in [3.05, 3.63) is 35.6 Å². The molecule has 1 fully saturated rings. The third kappa shape index (κ3) is 5.69. The lowest BCUT2D eigenvalue weighted by Crippen LogP contribution is -2.39. The summed E-state index contributed by atoms with van der Waals surface area (Å²) in [7, 11) is 0. The number of carbonyl (C=O) groups is 1. The van der Waals surface area contributed by atoms with Crippen molar-refractivity contribution in [1.82, 2.24) is 15.5 Å². The van der Waals surface area contributed by atoms with E-state index in [1.54, 1.807) is 18.2 Å². The molecule has 0 unspecified atom stereocenters. The van der Waals surface area contributed by atoms with Gasteiger partial charge in [0, 0.05) is 31.7 Å². The Labute approximate surface area is 124 Å².